The van der Waals surface area contributed by atoms with Gasteiger partial charge in [0.05, 0.1) is 17.8 Å². The molecule has 1 aliphatic heterocycles. The number of carbonyl (C=O) groups is 2. The molecule has 0 N–H and O–H groups in total. The van der Waals surface area contributed by atoms with E-state index in [9.17, 15) is 18.4 Å². The fourth-order valence-corrected chi connectivity index (χ4v) is 2.48. The van der Waals surface area contributed by atoms with Crippen molar-refractivity contribution >= 4 is 29.0 Å². The normalized spacial score (nSPS) is 13.8. The van der Waals surface area contributed by atoms with Crippen molar-refractivity contribution in [2.45, 2.75) is 6.54 Å². The van der Waals surface area contributed by atoms with Gasteiger partial charge in [0, 0.05) is 11.1 Å². The van der Waals surface area contributed by atoms with Crippen LogP contribution in [-0.2, 0) is 11.3 Å². The second kappa shape index (κ2) is 4.93. The summed E-state index contributed by atoms with van der Waals surface area (Å²) in [5.41, 5.74) is 0.631. The fourth-order valence-electron chi connectivity index (χ4n) is 2.26. The Bertz CT molecular complexity index is 776. The van der Waals surface area contributed by atoms with Crippen molar-refractivity contribution in [3.8, 4) is 0 Å². The van der Waals surface area contributed by atoms with Gasteiger partial charge in [-0.2, -0.15) is 0 Å². The highest BCUT2D eigenvalue weighted by Gasteiger charge is 2.37. The lowest BCUT2D eigenvalue weighted by molar-refractivity contribution is -0.114. The third kappa shape index (κ3) is 2.29. The van der Waals surface area contributed by atoms with Crippen LogP contribution < -0.4 is 4.90 Å². The minimum atomic E-state index is -1.15. The highest BCUT2D eigenvalue weighted by molar-refractivity contribution is 6.52. The van der Waals surface area contributed by atoms with E-state index in [1.165, 1.54) is 0 Å². The number of anilines is 1. The first-order valence-corrected chi connectivity index (χ1v) is 6.45. The molecule has 0 spiro atoms. The van der Waals surface area contributed by atoms with Crippen LogP contribution in [0, 0.1) is 11.6 Å². The number of hydrogen-bond acceptors (Lipinski definition) is 2. The average molecular weight is 308 g/mol. The average Bonchev–Trinajstić information content (AvgIpc) is 2.65. The van der Waals surface area contributed by atoms with Gasteiger partial charge in [-0.25, -0.2) is 8.78 Å². The van der Waals surface area contributed by atoms with Crippen LogP contribution >= 0.6 is 11.6 Å². The second-order valence-electron chi connectivity index (χ2n) is 4.63. The zero-order valence-corrected chi connectivity index (χ0v) is 11.3. The zero-order valence-electron chi connectivity index (χ0n) is 10.6. The Hall–Kier alpha value is -2.27. The molecular formula is C15H8ClF2NO2. The van der Waals surface area contributed by atoms with Crippen molar-refractivity contribution in [1.82, 2.24) is 0 Å². The van der Waals surface area contributed by atoms with E-state index < -0.39 is 23.3 Å². The van der Waals surface area contributed by atoms with Gasteiger partial charge >= 0.3 is 0 Å². The maximum absolute atomic E-state index is 13.4. The molecule has 1 heterocycles. The van der Waals surface area contributed by atoms with Crippen molar-refractivity contribution in [2.75, 3.05) is 4.90 Å². The minimum Gasteiger partial charge on any atom is -0.300 e. The van der Waals surface area contributed by atoms with Crippen LogP contribution in [0.4, 0.5) is 14.5 Å². The van der Waals surface area contributed by atoms with E-state index in [4.69, 9.17) is 11.6 Å². The number of nitrogens with zero attached hydrogens (tertiary/aromatic N) is 1. The number of fused-ring (bicyclic) bond motifs is 1. The monoisotopic (exact) mass is 307 g/mol. The summed E-state index contributed by atoms with van der Waals surface area (Å²) in [6, 6.07) is 8.34. The molecule has 0 saturated carbocycles. The van der Waals surface area contributed by atoms with Gasteiger partial charge in [0.2, 0.25) is 0 Å². The summed E-state index contributed by atoms with van der Waals surface area (Å²) >= 11 is 5.86. The Morgan fingerprint density at radius 2 is 1.76 bits per heavy atom. The largest absolute Gasteiger partial charge is 0.300 e. The Labute approximate surface area is 123 Å². The summed E-state index contributed by atoms with van der Waals surface area (Å²) in [5, 5.41) is 0.482. The molecule has 1 aliphatic rings. The van der Waals surface area contributed by atoms with Crippen LogP contribution in [0.25, 0.3) is 0 Å². The molecule has 0 atom stereocenters. The SMILES string of the molecule is O=C1C(=O)N(Cc2cccc(Cl)c2)c2cc(F)c(F)cc21. The number of ketones is 1. The first-order valence-electron chi connectivity index (χ1n) is 6.07. The maximum atomic E-state index is 13.4. The van der Waals surface area contributed by atoms with Crippen molar-refractivity contribution in [3.05, 3.63) is 64.2 Å². The molecule has 0 fully saturated rings. The lowest BCUT2D eigenvalue weighted by atomic mass is 10.1. The molecule has 0 saturated heterocycles. The van der Waals surface area contributed by atoms with E-state index in [0.29, 0.717) is 10.6 Å². The van der Waals surface area contributed by atoms with Gasteiger partial charge in [0.1, 0.15) is 0 Å². The smallest absolute Gasteiger partial charge is 0.299 e. The van der Waals surface area contributed by atoms with Crippen LogP contribution in [0.3, 0.4) is 0 Å². The molecule has 1 amide bonds. The number of carbonyl (C=O) groups excluding carboxylic acids is 2. The van der Waals surface area contributed by atoms with Crippen molar-refractivity contribution in [1.29, 1.82) is 0 Å². The molecule has 21 heavy (non-hydrogen) atoms. The molecule has 0 aromatic heterocycles. The van der Waals surface area contributed by atoms with E-state index in [1.54, 1.807) is 24.3 Å². The van der Waals surface area contributed by atoms with Crippen LogP contribution in [0.5, 0.6) is 0 Å². The standard InChI is InChI=1S/C15H8ClF2NO2/c16-9-3-1-2-8(4-9)7-19-13-6-12(18)11(17)5-10(13)14(20)15(19)21/h1-6H,7H2. The number of amides is 1. The first kappa shape index (κ1) is 13.7. The van der Waals surface area contributed by atoms with Gasteiger partial charge in [-0.3, -0.25) is 9.59 Å². The summed E-state index contributed by atoms with van der Waals surface area (Å²) in [4.78, 5) is 24.9. The lowest BCUT2D eigenvalue weighted by Gasteiger charge is -2.16. The van der Waals surface area contributed by atoms with Crippen LogP contribution in [-0.4, -0.2) is 11.7 Å². The van der Waals surface area contributed by atoms with Crippen LogP contribution in [0.2, 0.25) is 5.02 Å². The van der Waals surface area contributed by atoms with Gasteiger partial charge in [-0.15, -0.1) is 0 Å². The topological polar surface area (TPSA) is 37.4 Å². The van der Waals surface area contributed by atoms with Crippen molar-refractivity contribution < 1.29 is 18.4 Å². The number of Topliss-reactive ketones (excluding diaryl/α,β-unsaturated/α-hetero) is 1. The van der Waals surface area contributed by atoms with E-state index in [1.807, 2.05) is 0 Å². The molecule has 0 aliphatic carbocycles. The summed E-state index contributed by atoms with van der Waals surface area (Å²) in [6.45, 7) is 0.0587. The molecule has 0 unspecified atom stereocenters. The van der Waals surface area contributed by atoms with E-state index in [-0.39, 0.29) is 17.8 Å². The molecule has 106 valence electrons. The minimum absolute atomic E-state index is 0.0587. The number of rotatable bonds is 2. The van der Waals surface area contributed by atoms with Crippen LogP contribution in [0.15, 0.2) is 36.4 Å². The fraction of sp³-hybridized carbons (Fsp3) is 0.0667. The number of hydrogen-bond donors (Lipinski definition) is 0. The highest BCUT2D eigenvalue weighted by Crippen LogP contribution is 2.32. The summed E-state index contributed by atoms with van der Waals surface area (Å²) < 4.78 is 26.6. The predicted molar refractivity (Wildman–Crippen MR) is 73.3 cm³/mol. The maximum Gasteiger partial charge on any atom is 0.299 e. The van der Waals surface area contributed by atoms with Crippen molar-refractivity contribution in [3.63, 3.8) is 0 Å². The molecular weight excluding hydrogens is 300 g/mol. The highest BCUT2D eigenvalue weighted by atomic mass is 35.5. The number of benzene rings is 2. The van der Waals surface area contributed by atoms with E-state index in [0.717, 1.165) is 17.0 Å². The zero-order chi connectivity index (χ0) is 15.1. The molecule has 2 aromatic carbocycles. The summed E-state index contributed by atoms with van der Waals surface area (Å²) in [5.74, 6) is -3.91. The molecule has 2 aromatic rings. The van der Waals surface area contributed by atoms with Gasteiger partial charge in [-0.1, -0.05) is 23.7 Å². The van der Waals surface area contributed by atoms with Gasteiger partial charge < -0.3 is 4.90 Å². The molecule has 0 bridgehead atoms. The Morgan fingerprint density at radius 1 is 1.05 bits per heavy atom. The van der Waals surface area contributed by atoms with Crippen molar-refractivity contribution in [2.24, 2.45) is 0 Å². The summed E-state index contributed by atoms with van der Waals surface area (Å²) in [7, 11) is 0. The molecule has 3 nitrogen and oxygen atoms in total. The third-order valence-electron chi connectivity index (χ3n) is 3.24. The molecule has 6 heteroatoms. The molecule has 3 rings (SSSR count). The Morgan fingerprint density at radius 3 is 2.48 bits per heavy atom. The van der Waals surface area contributed by atoms with Gasteiger partial charge in [-0.05, 0) is 23.8 Å². The second-order valence-corrected chi connectivity index (χ2v) is 5.07. The van der Waals surface area contributed by atoms with Gasteiger partial charge in [0.25, 0.3) is 11.7 Å². The molecule has 0 radical (unpaired) electrons. The Kier molecular flexibility index (Phi) is 3.22. The lowest BCUT2D eigenvalue weighted by Crippen LogP contribution is -2.29. The van der Waals surface area contributed by atoms with Gasteiger partial charge in [0.15, 0.2) is 11.6 Å². The quantitative estimate of drug-likeness (QED) is 0.798. The van der Waals surface area contributed by atoms with E-state index in [2.05, 4.69) is 0 Å². The third-order valence-corrected chi connectivity index (χ3v) is 3.48. The summed E-state index contributed by atoms with van der Waals surface area (Å²) in [6.07, 6.45) is 0. The first-order chi connectivity index (χ1) is 9.97. The van der Waals surface area contributed by atoms with Crippen LogP contribution in [0.1, 0.15) is 15.9 Å². The number of halogens is 3. The van der Waals surface area contributed by atoms with E-state index >= 15 is 0 Å². The predicted octanol–water partition coefficient (Wildman–Crippen LogP) is 3.35. The Balaban J connectivity index is 2.03.